The smallest absolute Gasteiger partial charge is 0.264 e. The lowest BCUT2D eigenvalue weighted by Crippen LogP contribution is -3.00. The summed E-state index contributed by atoms with van der Waals surface area (Å²) in [6.07, 6.45) is 0. The molecule has 0 spiro atoms. The fourth-order valence-corrected chi connectivity index (χ4v) is 5.09. The van der Waals surface area contributed by atoms with Crippen molar-refractivity contribution in [1.29, 1.82) is 0 Å². The van der Waals surface area contributed by atoms with Crippen LogP contribution in [0.3, 0.4) is 0 Å². The molecule has 0 radical (unpaired) electrons. The summed E-state index contributed by atoms with van der Waals surface area (Å²) < 4.78 is 2.65. The van der Waals surface area contributed by atoms with E-state index < -0.39 is 0 Å². The highest BCUT2D eigenvalue weighted by Gasteiger charge is 2.17. The van der Waals surface area contributed by atoms with Crippen LogP contribution in [0.15, 0.2) is 93.9 Å². The number of anilines is 1. The average molecular weight is 584 g/mol. The Kier molecular flexibility index (Phi) is 7.09. The van der Waals surface area contributed by atoms with Gasteiger partial charge in [0.05, 0.1) is 56.6 Å². The molecule has 2 heterocycles. The summed E-state index contributed by atoms with van der Waals surface area (Å²) in [5, 5.41) is 12.6. The number of likely N-dealkylation sites (N-methyl/N-ethyl adjacent to an activating group) is 2. The average Bonchev–Trinajstić information content (AvgIpc) is 3.31. The number of nitrogens with zero attached hydrogens (tertiary/aromatic N) is 6. The number of benzene rings is 4. The maximum Gasteiger partial charge on any atom is 0.264 e. The minimum atomic E-state index is -0.0520. The molecule has 6 aromatic rings. The minimum Gasteiger partial charge on any atom is -1.00 e. The van der Waals surface area contributed by atoms with Gasteiger partial charge in [0.15, 0.2) is 0 Å². The topological polar surface area (TPSA) is 62.3 Å². The van der Waals surface area contributed by atoms with Gasteiger partial charge in [-0.1, -0.05) is 24.3 Å². The molecule has 0 bridgehead atoms. The Labute approximate surface area is 237 Å². The largest absolute Gasteiger partial charge is 1.00 e. The van der Waals surface area contributed by atoms with Crippen LogP contribution in [0.1, 0.15) is 6.92 Å². The summed E-state index contributed by atoms with van der Waals surface area (Å²) in [7, 11) is 6.64. The SMILES string of the molecule is CCN(CC[N+](C)(C)C)c1ccc(/N=N/c2cc3cccc4c(=O)n5c6ccccc6nc5c(c2)c34)cc1.[Br-]. The van der Waals surface area contributed by atoms with Gasteiger partial charge < -0.3 is 26.4 Å². The van der Waals surface area contributed by atoms with Crippen LogP contribution in [0.5, 0.6) is 0 Å². The molecule has 39 heavy (non-hydrogen) atoms. The molecule has 0 fully saturated rings. The Hall–Kier alpha value is -3.88. The van der Waals surface area contributed by atoms with Gasteiger partial charge in [0.2, 0.25) is 0 Å². The monoisotopic (exact) mass is 582 g/mol. The third-order valence-electron chi connectivity index (χ3n) is 7.12. The molecule has 0 atom stereocenters. The van der Waals surface area contributed by atoms with E-state index in [2.05, 4.69) is 55.3 Å². The van der Waals surface area contributed by atoms with Gasteiger partial charge in [-0.05, 0) is 66.9 Å². The second-order valence-electron chi connectivity index (χ2n) is 10.8. The fraction of sp³-hybridized carbons (Fsp3) is 0.226. The van der Waals surface area contributed by atoms with E-state index in [0.29, 0.717) is 11.0 Å². The Morgan fingerprint density at radius 2 is 1.62 bits per heavy atom. The summed E-state index contributed by atoms with van der Waals surface area (Å²) >= 11 is 0. The Morgan fingerprint density at radius 1 is 0.872 bits per heavy atom. The van der Waals surface area contributed by atoms with Crippen LogP contribution < -0.4 is 27.4 Å². The first-order valence-electron chi connectivity index (χ1n) is 13.0. The lowest BCUT2D eigenvalue weighted by molar-refractivity contribution is -0.868. The number of imidazole rings is 1. The number of quaternary nitrogens is 1. The normalized spacial score (nSPS) is 12.2. The molecule has 6 rings (SSSR count). The lowest BCUT2D eigenvalue weighted by Gasteiger charge is -2.29. The molecule has 0 aliphatic carbocycles. The molecule has 4 aromatic carbocycles. The zero-order valence-electron chi connectivity index (χ0n) is 22.6. The summed E-state index contributed by atoms with van der Waals surface area (Å²) in [6.45, 7) is 5.20. The number of para-hydroxylation sites is 2. The molecule has 0 amide bonds. The van der Waals surface area contributed by atoms with Gasteiger partial charge in [-0.25, -0.2) is 4.98 Å². The standard InChI is InChI=1S/C31H31N6O.BrH/c1-5-35(17-18-37(2,3)4)24-15-13-22(14-16-24)33-34-23-19-21-9-8-10-25-29(21)26(20-23)30-32-27-11-6-7-12-28(27)36(30)31(25)38;/h6-16,19-20H,5,17-18H2,1-4H3;1H/q+1;/p-1/b34-33+;. The number of aromatic nitrogens is 2. The van der Waals surface area contributed by atoms with Crippen molar-refractivity contribution in [3.05, 3.63) is 89.2 Å². The van der Waals surface area contributed by atoms with Crippen LogP contribution in [0.25, 0.3) is 38.2 Å². The number of rotatable bonds is 7. The van der Waals surface area contributed by atoms with Crippen molar-refractivity contribution in [2.24, 2.45) is 10.2 Å². The fourth-order valence-electron chi connectivity index (χ4n) is 5.09. The second-order valence-corrected chi connectivity index (χ2v) is 10.8. The van der Waals surface area contributed by atoms with E-state index in [9.17, 15) is 4.79 Å². The molecule has 7 nitrogen and oxygen atoms in total. The molecule has 0 unspecified atom stereocenters. The molecule has 2 aromatic heterocycles. The zero-order valence-corrected chi connectivity index (χ0v) is 24.2. The summed E-state index contributed by atoms with van der Waals surface area (Å²) in [5.74, 6) is 0. The minimum absolute atomic E-state index is 0. The summed E-state index contributed by atoms with van der Waals surface area (Å²) in [4.78, 5) is 20.6. The molecular formula is C31H31BrN6O. The molecule has 0 saturated heterocycles. The van der Waals surface area contributed by atoms with Crippen LogP contribution in [-0.4, -0.2) is 54.6 Å². The second kappa shape index (κ2) is 10.4. The maximum absolute atomic E-state index is 13.4. The van der Waals surface area contributed by atoms with Gasteiger partial charge in [-0.3, -0.25) is 9.20 Å². The predicted octanol–water partition coefficient (Wildman–Crippen LogP) is 3.54. The molecule has 0 aliphatic rings. The highest BCUT2D eigenvalue weighted by atomic mass is 79.9. The number of hydrogen-bond donors (Lipinski definition) is 0. The third-order valence-corrected chi connectivity index (χ3v) is 7.12. The molecule has 0 saturated carbocycles. The van der Waals surface area contributed by atoms with Crippen LogP contribution >= 0.6 is 0 Å². The Bertz CT molecular complexity index is 1870. The number of fused-ring (bicyclic) bond motifs is 4. The molecule has 0 aliphatic heterocycles. The van der Waals surface area contributed by atoms with Crippen molar-refractivity contribution < 1.29 is 21.5 Å². The number of hydrogen-bond acceptors (Lipinski definition) is 5. The zero-order chi connectivity index (χ0) is 26.4. The first-order valence-corrected chi connectivity index (χ1v) is 13.0. The summed E-state index contributed by atoms with van der Waals surface area (Å²) in [6, 6.07) is 25.8. The van der Waals surface area contributed by atoms with Gasteiger partial charge in [-0.2, -0.15) is 10.2 Å². The van der Waals surface area contributed by atoms with E-state index in [1.807, 2.05) is 66.7 Å². The highest BCUT2D eigenvalue weighted by molar-refractivity contribution is 6.16. The molecular weight excluding hydrogens is 552 g/mol. The van der Waals surface area contributed by atoms with E-state index >= 15 is 0 Å². The summed E-state index contributed by atoms with van der Waals surface area (Å²) in [5.41, 5.74) is 4.90. The first-order chi connectivity index (χ1) is 18.3. The predicted molar refractivity (Wildman–Crippen MR) is 157 cm³/mol. The van der Waals surface area contributed by atoms with Gasteiger partial charge in [0.1, 0.15) is 5.65 Å². The van der Waals surface area contributed by atoms with E-state index in [-0.39, 0.29) is 22.5 Å². The molecule has 198 valence electrons. The maximum atomic E-state index is 13.4. The van der Waals surface area contributed by atoms with Crippen molar-refractivity contribution in [3.8, 4) is 0 Å². The van der Waals surface area contributed by atoms with Gasteiger partial charge >= 0.3 is 0 Å². The van der Waals surface area contributed by atoms with Crippen LogP contribution in [-0.2, 0) is 0 Å². The van der Waals surface area contributed by atoms with E-state index in [0.717, 1.165) is 62.7 Å². The Balaban J connectivity index is 0.00000308. The third kappa shape index (κ3) is 4.97. The van der Waals surface area contributed by atoms with Crippen molar-refractivity contribution >= 4 is 55.3 Å². The molecule has 0 N–H and O–H groups in total. The van der Waals surface area contributed by atoms with Crippen LogP contribution in [0.2, 0.25) is 0 Å². The van der Waals surface area contributed by atoms with Crippen molar-refractivity contribution in [2.45, 2.75) is 6.92 Å². The van der Waals surface area contributed by atoms with Gasteiger partial charge in [0, 0.05) is 28.4 Å². The van der Waals surface area contributed by atoms with Crippen LogP contribution in [0.4, 0.5) is 17.1 Å². The van der Waals surface area contributed by atoms with Crippen LogP contribution in [0, 0.1) is 0 Å². The van der Waals surface area contributed by atoms with E-state index in [1.54, 1.807) is 4.40 Å². The van der Waals surface area contributed by atoms with Gasteiger partial charge in [0.25, 0.3) is 5.56 Å². The Morgan fingerprint density at radius 3 is 2.36 bits per heavy atom. The van der Waals surface area contributed by atoms with Crippen molar-refractivity contribution in [2.75, 3.05) is 45.7 Å². The van der Waals surface area contributed by atoms with E-state index in [4.69, 9.17) is 4.98 Å². The lowest BCUT2D eigenvalue weighted by atomic mass is 10.0. The molecule has 8 heteroatoms. The number of azo groups is 1. The number of halogens is 1. The van der Waals surface area contributed by atoms with Crippen molar-refractivity contribution in [3.63, 3.8) is 0 Å². The number of pyridine rings is 1. The van der Waals surface area contributed by atoms with Gasteiger partial charge in [-0.15, -0.1) is 0 Å². The van der Waals surface area contributed by atoms with Crippen molar-refractivity contribution in [1.82, 2.24) is 9.38 Å². The quantitative estimate of drug-likeness (QED) is 0.214. The van der Waals surface area contributed by atoms with E-state index in [1.165, 1.54) is 5.69 Å². The highest BCUT2D eigenvalue weighted by Crippen LogP contribution is 2.34. The first kappa shape index (κ1) is 26.7.